The van der Waals surface area contributed by atoms with Gasteiger partial charge in [0.25, 0.3) is 5.91 Å². The van der Waals surface area contributed by atoms with E-state index in [1.807, 2.05) is 54.4 Å². The molecule has 3 heterocycles. The molecule has 168 valence electrons. The molecule has 0 aliphatic heterocycles. The van der Waals surface area contributed by atoms with E-state index in [2.05, 4.69) is 20.5 Å². The minimum Gasteiger partial charge on any atom is -0.393 e. The van der Waals surface area contributed by atoms with Gasteiger partial charge in [0, 0.05) is 30.5 Å². The molecule has 3 aromatic heterocycles. The van der Waals surface area contributed by atoms with Crippen LogP contribution in [0, 0.1) is 0 Å². The maximum Gasteiger partial charge on any atom is 0.251 e. The fraction of sp³-hybridized carbons (Fsp3) is 0.292. The number of rotatable bonds is 5. The van der Waals surface area contributed by atoms with Crippen LogP contribution < -0.4 is 10.2 Å². The molecule has 1 saturated carbocycles. The summed E-state index contributed by atoms with van der Waals surface area (Å²) in [5, 5.41) is 25.9. The van der Waals surface area contributed by atoms with Crippen molar-refractivity contribution in [3.05, 3.63) is 66.4 Å². The molecule has 9 heteroatoms. The van der Waals surface area contributed by atoms with Gasteiger partial charge in [0.05, 0.1) is 6.10 Å². The number of aromatic nitrogens is 5. The van der Waals surface area contributed by atoms with E-state index in [9.17, 15) is 9.90 Å². The Morgan fingerprint density at radius 3 is 2.64 bits per heavy atom. The Hall–Kier alpha value is -3.85. The third kappa shape index (κ3) is 4.40. The van der Waals surface area contributed by atoms with Gasteiger partial charge >= 0.3 is 0 Å². The summed E-state index contributed by atoms with van der Waals surface area (Å²) in [6.07, 6.45) is 4.32. The molecule has 1 amide bonds. The number of hydrogen-bond donors (Lipinski definition) is 2. The highest BCUT2D eigenvalue weighted by Crippen LogP contribution is 2.24. The highest BCUT2D eigenvalue weighted by molar-refractivity contribution is 5.95. The van der Waals surface area contributed by atoms with Gasteiger partial charge in [-0.25, -0.2) is 0 Å². The average Bonchev–Trinajstić information content (AvgIpc) is 3.29. The van der Waals surface area contributed by atoms with Crippen molar-refractivity contribution in [2.75, 3.05) is 11.9 Å². The fourth-order valence-electron chi connectivity index (χ4n) is 4.08. The Labute approximate surface area is 191 Å². The van der Waals surface area contributed by atoms with Crippen LogP contribution in [0.5, 0.6) is 0 Å². The summed E-state index contributed by atoms with van der Waals surface area (Å²) in [7, 11) is 1.95. The molecule has 4 aromatic rings. The van der Waals surface area contributed by atoms with E-state index in [-0.39, 0.29) is 18.1 Å². The molecule has 0 atom stereocenters. The van der Waals surface area contributed by atoms with Gasteiger partial charge < -0.3 is 15.3 Å². The molecule has 2 N–H and O–H groups in total. The van der Waals surface area contributed by atoms with Crippen LogP contribution in [0.15, 0.2) is 60.8 Å². The number of carbonyl (C=O) groups is 1. The molecule has 33 heavy (non-hydrogen) atoms. The van der Waals surface area contributed by atoms with E-state index in [0.717, 1.165) is 24.3 Å². The number of pyridine rings is 1. The Morgan fingerprint density at radius 1 is 1.06 bits per heavy atom. The van der Waals surface area contributed by atoms with E-state index in [0.29, 0.717) is 35.6 Å². The summed E-state index contributed by atoms with van der Waals surface area (Å²) in [4.78, 5) is 19.2. The molecule has 1 aliphatic rings. The van der Waals surface area contributed by atoms with Crippen molar-refractivity contribution >= 4 is 23.1 Å². The molecule has 0 spiro atoms. The minimum absolute atomic E-state index is 0.0733. The van der Waals surface area contributed by atoms with Crippen LogP contribution >= 0.6 is 0 Å². The maximum absolute atomic E-state index is 12.8. The Morgan fingerprint density at radius 2 is 1.85 bits per heavy atom. The first-order chi connectivity index (χ1) is 16.1. The summed E-state index contributed by atoms with van der Waals surface area (Å²) in [5.41, 5.74) is 2.61. The van der Waals surface area contributed by atoms with Crippen LogP contribution in [0.2, 0.25) is 0 Å². The normalized spacial score (nSPS) is 18.2. The van der Waals surface area contributed by atoms with Crippen molar-refractivity contribution in [1.29, 1.82) is 0 Å². The van der Waals surface area contributed by atoms with Crippen molar-refractivity contribution < 1.29 is 9.90 Å². The first kappa shape index (κ1) is 21.0. The number of nitrogens with one attached hydrogen (secondary N) is 1. The smallest absolute Gasteiger partial charge is 0.251 e. The third-order valence-corrected chi connectivity index (χ3v) is 6.02. The van der Waals surface area contributed by atoms with Gasteiger partial charge in [0.2, 0.25) is 5.82 Å². The number of nitrogens with zero attached hydrogens (tertiary/aromatic N) is 6. The van der Waals surface area contributed by atoms with Crippen LogP contribution in [0.1, 0.15) is 36.0 Å². The number of hydrogen-bond acceptors (Lipinski definition) is 7. The molecule has 5 rings (SSSR count). The molecule has 0 bridgehead atoms. The number of anilines is 2. The van der Waals surface area contributed by atoms with Crippen molar-refractivity contribution in [2.24, 2.45) is 0 Å². The molecule has 0 saturated heterocycles. The number of para-hydroxylation sites is 1. The van der Waals surface area contributed by atoms with Crippen molar-refractivity contribution in [2.45, 2.75) is 37.8 Å². The zero-order chi connectivity index (χ0) is 22.8. The molecule has 1 aromatic carbocycles. The van der Waals surface area contributed by atoms with E-state index in [1.54, 1.807) is 22.8 Å². The average molecular weight is 444 g/mol. The third-order valence-electron chi connectivity index (χ3n) is 6.02. The summed E-state index contributed by atoms with van der Waals surface area (Å²) in [5.74, 6) is 1.03. The second-order valence-electron chi connectivity index (χ2n) is 8.29. The number of benzene rings is 1. The zero-order valence-corrected chi connectivity index (χ0v) is 18.3. The molecule has 9 nitrogen and oxygen atoms in total. The minimum atomic E-state index is -0.259. The SMILES string of the molecule is CN(c1ccccc1)c1ccc2nnc(-c3cc(C(=O)NC4CCC(O)CC4)ccn3)n2n1. The van der Waals surface area contributed by atoms with Gasteiger partial charge in [-0.15, -0.1) is 15.3 Å². The first-order valence-corrected chi connectivity index (χ1v) is 11.0. The summed E-state index contributed by atoms with van der Waals surface area (Å²) < 4.78 is 1.64. The molecular formula is C24H25N7O2. The predicted octanol–water partition coefficient (Wildman–Crippen LogP) is 2.99. The first-order valence-electron chi connectivity index (χ1n) is 11.0. The highest BCUT2D eigenvalue weighted by Gasteiger charge is 2.22. The lowest BCUT2D eigenvalue weighted by atomic mass is 9.93. The highest BCUT2D eigenvalue weighted by atomic mass is 16.3. The fourth-order valence-corrected chi connectivity index (χ4v) is 4.08. The molecule has 0 radical (unpaired) electrons. The Bertz CT molecular complexity index is 1270. The largest absolute Gasteiger partial charge is 0.393 e. The number of aliphatic hydroxyl groups excluding tert-OH is 1. The van der Waals surface area contributed by atoms with Gasteiger partial charge in [-0.3, -0.25) is 9.78 Å². The van der Waals surface area contributed by atoms with Gasteiger partial charge in [-0.1, -0.05) is 18.2 Å². The zero-order valence-electron chi connectivity index (χ0n) is 18.3. The lowest BCUT2D eigenvalue weighted by Gasteiger charge is -2.26. The van der Waals surface area contributed by atoms with Crippen molar-refractivity contribution in [1.82, 2.24) is 30.1 Å². The number of aliphatic hydroxyl groups is 1. The quantitative estimate of drug-likeness (QED) is 0.488. The topological polar surface area (TPSA) is 109 Å². The Kier molecular flexibility index (Phi) is 5.70. The number of amides is 1. The van der Waals surface area contributed by atoms with Gasteiger partial charge in [0.15, 0.2) is 11.5 Å². The van der Waals surface area contributed by atoms with Crippen LogP contribution in [-0.4, -0.2) is 55.0 Å². The predicted molar refractivity (Wildman–Crippen MR) is 124 cm³/mol. The molecule has 1 fully saturated rings. The van der Waals surface area contributed by atoms with Crippen molar-refractivity contribution in [3.8, 4) is 11.5 Å². The number of carbonyl (C=O) groups excluding carboxylic acids is 1. The van der Waals surface area contributed by atoms with Gasteiger partial charge in [-0.05, 0) is 62.1 Å². The van der Waals surface area contributed by atoms with E-state index in [1.165, 1.54) is 0 Å². The van der Waals surface area contributed by atoms with Crippen LogP contribution in [0.3, 0.4) is 0 Å². The molecule has 0 unspecified atom stereocenters. The second-order valence-corrected chi connectivity index (χ2v) is 8.29. The molecule has 1 aliphatic carbocycles. The van der Waals surface area contributed by atoms with E-state index < -0.39 is 0 Å². The van der Waals surface area contributed by atoms with E-state index in [4.69, 9.17) is 5.10 Å². The monoisotopic (exact) mass is 443 g/mol. The van der Waals surface area contributed by atoms with Crippen LogP contribution in [0.4, 0.5) is 11.5 Å². The maximum atomic E-state index is 12.8. The second kappa shape index (κ2) is 8.95. The van der Waals surface area contributed by atoms with Gasteiger partial charge in [0.1, 0.15) is 5.69 Å². The Balaban J connectivity index is 1.41. The van der Waals surface area contributed by atoms with E-state index >= 15 is 0 Å². The van der Waals surface area contributed by atoms with Crippen molar-refractivity contribution in [3.63, 3.8) is 0 Å². The summed E-state index contributed by atoms with van der Waals surface area (Å²) in [6, 6.07) is 17.1. The number of fused-ring (bicyclic) bond motifs is 1. The standard InChI is InChI=1S/C24H25N7O2/c1-30(18-5-3-2-4-6-18)22-12-11-21-27-28-23(31(21)29-22)20-15-16(13-14-25-20)24(33)26-17-7-9-19(32)10-8-17/h2-6,11-15,17,19,32H,7-10H2,1H3,(H,26,33). The lowest BCUT2D eigenvalue weighted by molar-refractivity contribution is 0.0867. The van der Waals surface area contributed by atoms with Gasteiger partial charge in [-0.2, -0.15) is 4.52 Å². The summed E-state index contributed by atoms with van der Waals surface area (Å²) in [6.45, 7) is 0. The van der Waals surface area contributed by atoms with Crippen LogP contribution in [0.25, 0.3) is 17.2 Å². The lowest BCUT2D eigenvalue weighted by Crippen LogP contribution is -2.38. The summed E-state index contributed by atoms with van der Waals surface area (Å²) >= 11 is 0. The van der Waals surface area contributed by atoms with Crippen LogP contribution in [-0.2, 0) is 0 Å². The molecular weight excluding hydrogens is 418 g/mol.